The molecule has 0 unspecified atom stereocenters. The van der Waals surface area contributed by atoms with Crippen LogP contribution >= 0.6 is 0 Å². The molecule has 22 heavy (non-hydrogen) atoms. The van der Waals surface area contributed by atoms with Crippen molar-refractivity contribution < 1.29 is 4.79 Å². The fourth-order valence-electron chi connectivity index (χ4n) is 3.04. The first-order chi connectivity index (χ1) is 10.8. The first-order valence-electron chi connectivity index (χ1n) is 10.3. The highest BCUT2D eigenvalue weighted by atomic mass is 16.1. The second kappa shape index (κ2) is 18.7. The topological polar surface area (TPSA) is 17.1 Å². The third-order valence-corrected chi connectivity index (χ3v) is 4.62. The van der Waals surface area contributed by atoms with Crippen molar-refractivity contribution in [2.45, 2.75) is 129 Å². The maximum atomic E-state index is 11.8. The molecule has 0 rings (SSSR count). The zero-order valence-corrected chi connectivity index (χ0v) is 15.6. The van der Waals surface area contributed by atoms with Crippen LogP contribution in [0.15, 0.2) is 0 Å². The van der Waals surface area contributed by atoms with Gasteiger partial charge in [-0.05, 0) is 12.8 Å². The van der Waals surface area contributed by atoms with Crippen LogP contribution in [0.3, 0.4) is 0 Å². The lowest BCUT2D eigenvalue weighted by Crippen LogP contribution is -1.97. The summed E-state index contributed by atoms with van der Waals surface area (Å²) in [5.41, 5.74) is 0. The summed E-state index contributed by atoms with van der Waals surface area (Å²) in [7, 11) is 0. The Balaban J connectivity index is 3.13. The highest BCUT2D eigenvalue weighted by Gasteiger charge is 2.01. The molecular formula is C21H42O. The molecule has 0 saturated carbocycles. The van der Waals surface area contributed by atoms with E-state index in [4.69, 9.17) is 0 Å². The number of ketones is 1. The Hall–Kier alpha value is -0.330. The first-order valence-corrected chi connectivity index (χ1v) is 10.3. The Morgan fingerprint density at radius 3 is 1.05 bits per heavy atom. The standard InChI is InChI=1S/C21H42O/c1-3-5-7-9-11-13-15-17-19-21(22)20-18-16-14-12-10-8-6-4-2/h3-20H2,1-2H3. The van der Waals surface area contributed by atoms with Gasteiger partial charge >= 0.3 is 0 Å². The quantitative estimate of drug-likeness (QED) is 0.238. The third-order valence-electron chi connectivity index (χ3n) is 4.62. The Kier molecular flexibility index (Phi) is 18.4. The van der Waals surface area contributed by atoms with Crippen molar-refractivity contribution >= 4 is 5.78 Å². The Morgan fingerprint density at radius 2 is 0.727 bits per heavy atom. The lowest BCUT2D eigenvalue weighted by Gasteiger charge is -2.03. The highest BCUT2D eigenvalue weighted by molar-refractivity contribution is 5.78. The predicted octanol–water partition coefficient (Wildman–Crippen LogP) is 7.62. The number of rotatable bonds is 18. The molecule has 0 aliphatic heterocycles. The van der Waals surface area contributed by atoms with Crippen molar-refractivity contribution in [3.63, 3.8) is 0 Å². The van der Waals surface area contributed by atoms with Crippen LogP contribution in [0.5, 0.6) is 0 Å². The molecule has 1 nitrogen and oxygen atoms in total. The van der Waals surface area contributed by atoms with E-state index in [0.29, 0.717) is 5.78 Å². The van der Waals surface area contributed by atoms with Gasteiger partial charge in [-0.1, -0.05) is 104 Å². The van der Waals surface area contributed by atoms with Gasteiger partial charge in [-0.15, -0.1) is 0 Å². The molecule has 0 saturated heterocycles. The van der Waals surface area contributed by atoms with Crippen molar-refractivity contribution in [2.24, 2.45) is 0 Å². The summed E-state index contributed by atoms with van der Waals surface area (Å²) in [5.74, 6) is 0.511. The minimum absolute atomic E-state index is 0.511. The molecule has 0 spiro atoms. The van der Waals surface area contributed by atoms with Crippen molar-refractivity contribution in [2.75, 3.05) is 0 Å². The lowest BCUT2D eigenvalue weighted by molar-refractivity contribution is -0.119. The van der Waals surface area contributed by atoms with Crippen LogP contribution in [-0.4, -0.2) is 5.78 Å². The summed E-state index contributed by atoms with van der Waals surface area (Å²) < 4.78 is 0. The summed E-state index contributed by atoms with van der Waals surface area (Å²) in [6.45, 7) is 4.52. The van der Waals surface area contributed by atoms with E-state index >= 15 is 0 Å². The third kappa shape index (κ3) is 17.7. The minimum atomic E-state index is 0.511. The van der Waals surface area contributed by atoms with Gasteiger partial charge in [-0.2, -0.15) is 0 Å². The van der Waals surface area contributed by atoms with Gasteiger partial charge in [0, 0.05) is 12.8 Å². The number of carbonyl (C=O) groups excluding carboxylic acids is 1. The molecule has 0 aliphatic rings. The largest absolute Gasteiger partial charge is 0.300 e. The van der Waals surface area contributed by atoms with Crippen LogP contribution in [-0.2, 0) is 4.79 Å². The van der Waals surface area contributed by atoms with E-state index in [0.717, 1.165) is 25.7 Å². The average Bonchev–Trinajstić information content (AvgIpc) is 2.52. The van der Waals surface area contributed by atoms with Crippen molar-refractivity contribution in [3.05, 3.63) is 0 Å². The Labute approximate surface area is 140 Å². The minimum Gasteiger partial charge on any atom is -0.300 e. The molecule has 0 heterocycles. The van der Waals surface area contributed by atoms with Crippen LogP contribution in [0.25, 0.3) is 0 Å². The number of Topliss-reactive ketones (excluding diaryl/α,β-unsaturated/α-hetero) is 1. The van der Waals surface area contributed by atoms with Gasteiger partial charge in [0.25, 0.3) is 0 Å². The number of hydrogen-bond acceptors (Lipinski definition) is 1. The number of unbranched alkanes of at least 4 members (excludes halogenated alkanes) is 14. The van der Waals surface area contributed by atoms with Gasteiger partial charge in [-0.25, -0.2) is 0 Å². The smallest absolute Gasteiger partial charge is 0.132 e. The molecule has 0 radical (unpaired) electrons. The van der Waals surface area contributed by atoms with Gasteiger partial charge in [0.2, 0.25) is 0 Å². The number of hydrogen-bond donors (Lipinski definition) is 0. The second-order valence-corrected chi connectivity index (χ2v) is 6.99. The van der Waals surface area contributed by atoms with Crippen molar-refractivity contribution in [3.8, 4) is 0 Å². The molecule has 0 amide bonds. The molecule has 132 valence electrons. The molecule has 0 aromatic rings. The number of carbonyl (C=O) groups is 1. The monoisotopic (exact) mass is 310 g/mol. The summed E-state index contributed by atoms with van der Waals surface area (Å²) in [4.78, 5) is 11.8. The molecule has 0 fully saturated rings. The van der Waals surface area contributed by atoms with Crippen molar-refractivity contribution in [1.29, 1.82) is 0 Å². The van der Waals surface area contributed by atoms with Gasteiger partial charge < -0.3 is 0 Å². The van der Waals surface area contributed by atoms with Crippen LogP contribution in [0.1, 0.15) is 129 Å². The predicted molar refractivity (Wildman–Crippen MR) is 99.5 cm³/mol. The molecule has 1 heteroatoms. The van der Waals surface area contributed by atoms with E-state index in [1.54, 1.807) is 0 Å². The molecule has 0 N–H and O–H groups in total. The average molecular weight is 311 g/mol. The Morgan fingerprint density at radius 1 is 0.455 bits per heavy atom. The van der Waals surface area contributed by atoms with Crippen molar-refractivity contribution in [1.82, 2.24) is 0 Å². The van der Waals surface area contributed by atoms with Crippen LogP contribution in [0.2, 0.25) is 0 Å². The first kappa shape index (κ1) is 21.7. The lowest BCUT2D eigenvalue weighted by atomic mass is 10.0. The van der Waals surface area contributed by atoms with E-state index in [-0.39, 0.29) is 0 Å². The van der Waals surface area contributed by atoms with Gasteiger partial charge in [0.1, 0.15) is 5.78 Å². The molecular weight excluding hydrogens is 268 g/mol. The fraction of sp³-hybridized carbons (Fsp3) is 0.952. The van der Waals surface area contributed by atoms with E-state index in [9.17, 15) is 4.79 Å². The maximum Gasteiger partial charge on any atom is 0.132 e. The molecule has 0 aliphatic carbocycles. The summed E-state index contributed by atoms with van der Waals surface area (Å²) in [6, 6.07) is 0. The zero-order chi connectivity index (χ0) is 16.3. The summed E-state index contributed by atoms with van der Waals surface area (Å²) in [5, 5.41) is 0. The molecule has 0 aromatic heterocycles. The van der Waals surface area contributed by atoms with Gasteiger partial charge in [0.15, 0.2) is 0 Å². The van der Waals surface area contributed by atoms with Crippen LogP contribution < -0.4 is 0 Å². The maximum absolute atomic E-state index is 11.8. The summed E-state index contributed by atoms with van der Waals surface area (Å²) >= 11 is 0. The van der Waals surface area contributed by atoms with E-state index in [1.165, 1.54) is 89.9 Å². The zero-order valence-electron chi connectivity index (χ0n) is 15.6. The van der Waals surface area contributed by atoms with Gasteiger partial charge in [0.05, 0.1) is 0 Å². The molecule has 0 atom stereocenters. The molecule has 0 bridgehead atoms. The fourth-order valence-corrected chi connectivity index (χ4v) is 3.04. The Bertz CT molecular complexity index is 200. The van der Waals surface area contributed by atoms with E-state index in [2.05, 4.69) is 13.8 Å². The molecule has 0 aromatic carbocycles. The highest BCUT2D eigenvalue weighted by Crippen LogP contribution is 2.13. The van der Waals surface area contributed by atoms with Crippen LogP contribution in [0.4, 0.5) is 0 Å². The van der Waals surface area contributed by atoms with Gasteiger partial charge in [-0.3, -0.25) is 4.79 Å². The van der Waals surface area contributed by atoms with E-state index in [1.807, 2.05) is 0 Å². The van der Waals surface area contributed by atoms with Crippen LogP contribution in [0, 0.1) is 0 Å². The SMILES string of the molecule is CCCCCCCCCCC(=O)CCCCCCCCCC. The second-order valence-electron chi connectivity index (χ2n) is 6.99. The van der Waals surface area contributed by atoms with E-state index < -0.39 is 0 Å². The summed E-state index contributed by atoms with van der Waals surface area (Å²) in [6.07, 6.45) is 22.8. The normalized spacial score (nSPS) is 11.0.